The van der Waals surface area contributed by atoms with Crippen molar-refractivity contribution in [2.75, 3.05) is 49.1 Å². The van der Waals surface area contributed by atoms with Gasteiger partial charge in [0.15, 0.2) is 0 Å². The predicted molar refractivity (Wildman–Crippen MR) is 112 cm³/mol. The number of hydrogen-bond acceptors (Lipinski definition) is 5. The molecule has 2 aliphatic rings. The molecule has 0 aliphatic carbocycles. The van der Waals surface area contributed by atoms with Gasteiger partial charge in [0, 0.05) is 56.6 Å². The molecule has 2 aliphatic heterocycles. The van der Waals surface area contributed by atoms with Crippen LogP contribution in [0.5, 0.6) is 0 Å². The summed E-state index contributed by atoms with van der Waals surface area (Å²) < 4.78 is 0. The van der Waals surface area contributed by atoms with Crippen molar-refractivity contribution in [3.05, 3.63) is 47.2 Å². The highest BCUT2D eigenvalue weighted by molar-refractivity contribution is 5.94. The molecular weight excluding hydrogens is 350 g/mol. The average Bonchev–Trinajstić information content (AvgIpc) is 2.74. The molecule has 0 saturated carbocycles. The normalized spacial score (nSPS) is 17.7. The van der Waals surface area contributed by atoms with Crippen LogP contribution in [0.15, 0.2) is 30.3 Å². The van der Waals surface area contributed by atoms with E-state index < -0.39 is 0 Å². The molecule has 0 bridgehead atoms. The first-order valence-electron chi connectivity index (χ1n) is 10.3. The van der Waals surface area contributed by atoms with E-state index in [-0.39, 0.29) is 5.91 Å². The number of benzene rings is 1. The van der Waals surface area contributed by atoms with Gasteiger partial charge in [0.1, 0.15) is 5.82 Å². The zero-order valence-corrected chi connectivity index (χ0v) is 16.9. The first-order valence-corrected chi connectivity index (χ1v) is 10.3. The molecule has 2 saturated heterocycles. The van der Waals surface area contributed by atoms with E-state index in [1.807, 2.05) is 43.0 Å². The van der Waals surface area contributed by atoms with Gasteiger partial charge in [-0.2, -0.15) is 4.98 Å². The fourth-order valence-corrected chi connectivity index (χ4v) is 3.95. The number of aromatic nitrogens is 2. The van der Waals surface area contributed by atoms with Crippen molar-refractivity contribution < 1.29 is 4.79 Å². The van der Waals surface area contributed by atoms with Gasteiger partial charge in [0.2, 0.25) is 5.95 Å². The molecule has 0 radical (unpaired) electrons. The molecular formula is C22H29N5O. The van der Waals surface area contributed by atoms with Crippen LogP contribution in [0, 0.1) is 13.8 Å². The van der Waals surface area contributed by atoms with E-state index in [1.54, 1.807) is 0 Å². The first kappa shape index (κ1) is 18.7. The fourth-order valence-electron chi connectivity index (χ4n) is 3.95. The quantitative estimate of drug-likeness (QED) is 0.820. The third kappa shape index (κ3) is 4.11. The maximum atomic E-state index is 12.7. The summed E-state index contributed by atoms with van der Waals surface area (Å²) in [4.78, 5) is 28.8. The lowest BCUT2D eigenvalue weighted by atomic mass is 10.1. The largest absolute Gasteiger partial charge is 0.356 e. The summed E-state index contributed by atoms with van der Waals surface area (Å²) in [5.74, 6) is 1.95. The Hall–Kier alpha value is -2.63. The number of piperidine rings is 1. The zero-order valence-electron chi connectivity index (χ0n) is 16.9. The molecule has 0 atom stereocenters. The molecule has 0 spiro atoms. The van der Waals surface area contributed by atoms with Gasteiger partial charge in [-0.3, -0.25) is 4.79 Å². The highest BCUT2D eigenvalue weighted by Crippen LogP contribution is 2.22. The molecule has 1 amide bonds. The SMILES string of the molecule is Cc1ccc(C(=O)N2CCN(c3nc(C)cc(N4CCCCC4)n3)CC2)cc1. The number of amides is 1. The lowest BCUT2D eigenvalue weighted by Gasteiger charge is -2.35. The molecule has 0 N–H and O–H groups in total. The van der Waals surface area contributed by atoms with Crippen LogP contribution in [-0.4, -0.2) is 60.0 Å². The van der Waals surface area contributed by atoms with E-state index in [1.165, 1.54) is 24.8 Å². The van der Waals surface area contributed by atoms with E-state index in [0.717, 1.165) is 49.2 Å². The monoisotopic (exact) mass is 379 g/mol. The molecule has 4 rings (SSSR count). The second kappa shape index (κ2) is 8.17. The predicted octanol–water partition coefficient (Wildman–Crippen LogP) is 3.05. The van der Waals surface area contributed by atoms with Gasteiger partial charge in [-0.1, -0.05) is 17.7 Å². The standard InChI is InChI=1S/C22H29N5O/c1-17-6-8-19(9-7-17)21(28)26-12-14-27(15-13-26)22-23-18(2)16-20(24-22)25-10-4-3-5-11-25/h6-9,16H,3-5,10-15H2,1-2H3. The topological polar surface area (TPSA) is 52.6 Å². The van der Waals surface area contributed by atoms with Gasteiger partial charge in [-0.15, -0.1) is 0 Å². The molecule has 6 nitrogen and oxygen atoms in total. The average molecular weight is 380 g/mol. The van der Waals surface area contributed by atoms with Gasteiger partial charge < -0.3 is 14.7 Å². The van der Waals surface area contributed by atoms with Gasteiger partial charge in [0.05, 0.1) is 0 Å². The number of aryl methyl sites for hydroxylation is 2. The lowest BCUT2D eigenvalue weighted by molar-refractivity contribution is 0.0746. The maximum Gasteiger partial charge on any atom is 0.253 e. The summed E-state index contributed by atoms with van der Waals surface area (Å²) in [6.07, 6.45) is 3.78. The third-order valence-electron chi connectivity index (χ3n) is 5.66. The Bertz CT molecular complexity index is 821. The van der Waals surface area contributed by atoms with Crippen LogP contribution in [0.1, 0.15) is 40.9 Å². The highest BCUT2D eigenvalue weighted by atomic mass is 16.2. The second-order valence-corrected chi connectivity index (χ2v) is 7.86. The van der Waals surface area contributed by atoms with Crippen molar-refractivity contribution in [3.63, 3.8) is 0 Å². The molecule has 1 aromatic heterocycles. The smallest absolute Gasteiger partial charge is 0.253 e. The Morgan fingerprint density at radius 2 is 1.50 bits per heavy atom. The fraction of sp³-hybridized carbons (Fsp3) is 0.500. The molecule has 2 aromatic rings. The number of anilines is 2. The molecule has 1 aromatic carbocycles. The van der Waals surface area contributed by atoms with Crippen LogP contribution in [0.3, 0.4) is 0 Å². The molecule has 2 fully saturated rings. The van der Waals surface area contributed by atoms with E-state index in [4.69, 9.17) is 4.98 Å². The highest BCUT2D eigenvalue weighted by Gasteiger charge is 2.24. The minimum Gasteiger partial charge on any atom is -0.356 e. The number of carbonyl (C=O) groups is 1. The van der Waals surface area contributed by atoms with Crippen LogP contribution in [0.4, 0.5) is 11.8 Å². The van der Waals surface area contributed by atoms with Crippen LogP contribution in [0.2, 0.25) is 0 Å². The van der Waals surface area contributed by atoms with Gasteiger partial charge in [-0.05, 0) is 45.2 Å². The van der Waals surface area contributed by atoms with Crippen LogP contribution in [0.25, 0.3) is 0 Å². The Morgan fingerprint density at radius 3 is 2.18 bits per heavy atom. The number of rotatable bonds is 3. The Labute approximate surface area is 167 Å². The summed E-state index contributed by atoms with van der Waals surface area (Å²) in [6.45, 7) is 9.15. The van der Waals surface area contributed by atoms with Crippen LogP contribution < -0.4 is 9.80 Å². The summed E-state index contributed by atoms with van der Waals surface area (Å²) in [5.41, 5.74) is 2.93. The van der Waals surface area contributed by atoms with Gasteiger partial charge in [0.25, 0.3) is 5.91 Å². The summed E-state index contributed by atoms with van der Waals surface area (Å²) in [6, 6.07) is 9.90. The molecule has 28 heavy (non-hydrogen) atoms. The van der Waals surface area contributed by atoms with E-state index in [0.29, 0.717) is 13.1 Å². The molecule has 3 heterocycles. The van der Waals surface area contributed by atoms with Crippen LogP contribution in [-0.2, 0) is 0 Å². The summed E-state index contributed by atoms with van der Waals surface area (Å²) in [7, 11) is 0. The Kier molecular flexibility index (Phi) is 5.46. The minimum absolute atomic E-state index is 0.110. The number of carbonyl (C=O) groups excluding carboxylic acids is 1. The van der Waals surface area contributed by atoms with Crippen molar-refractivity contribution in [1.82, 2.24) is 14.9 Å². The second-order valence-electron chi connectivity index (χ2n) is 7.86. The van der Waals surface area contributed by atoms with Gasteiger partial charge in [-0.25, -0.2) is 4.98 Å². The minimum atomic E-state index is 0.110. The number of nitrogens with zero attached hydrogens (tertiary/aromatic N) is 5. The van der Waals surface area contributed by atoms with Crippen molar-refractivity contribution in [2.45, 2.75) is 33.1 Å². The molecule has 6 heteroatoms. The van der Waals surface area contributed by atoms with E-state index in [9.17, 15) is 4.79 Å². The van der Waals surface area contributed by atoms with Gasteiger partial charge >= 0.3 is 0 Å². The zero-order chi connectivity index (χ0) is 19.5. The van der Waals surface area contributed by atoms with Crippen molar-refractivity contribution in [1.29, 1.82) is 0 Å². The maximum absolute atomic E-state index is 12.7. The summed E-state index contributed by atoms with van der Waals surface area (Å²) >= 11 is 0. The number of hydrogen-bond donors (Lipinski definition) is 0. The van der Waals surface area contributed by atoms with Crippen LogP contribution >= 0.6 is 0 Å². The molecule has 0 unspecified atom stereocenters. The van der Waals surface area contributed by atoms with Crippen molar-refractivity contribution >= 4 is 17.7 Å². The number of piperazine rings is 1. The van der Waals surface area contributed by atoms with E-state index in [2.05, 4.69) is 20.9 Å². The first-order chi connectivity index (χ1) is 13.6. The third-order valence-corrected chi connectivity index (χ3v) is 5.66. The lowest BCUT2D eigenvalue weighted by Crippen LogP contribution is -2.49. The van der Waals surface area contributed by atoms with Crippen molar-refractivity contribution in [3.8, 4) is 0 Å². The Morgan fingerprint density at radius 1 is 0.821 bits per heavy atom. The molecule has 148 valence electrons. The van der Waals surface area contributed by atoms with Crippen molar-refractivity contribution in [2.24, 2.45) is 0 Å². The Balaban J connectivity index is 1.42. The van der Waals surface area contributed by atoms with E-state index >= 15 is 0 Å². The summed E-state index contributed by atoms with van der Waals surface area (Å²) in [5, 5.41) is 0.